The first kappa shape index (κ1) is 39.6. The molecule has 2 heterocycles. The molecule has 0 aromatic heterocycles. The predicted octanol–water partition coefficient (Wildman–Crippen LogP) is 3.63. The number of hydrogen-bond donors (Lipinski definition) is 4. The third kappa shape index (κ3) is 8.30. The van der Waals surface area contributed by atoms with Gasteiger partial charge >= 0.3 is 0 Å². The molecule has 2 aliphatic heterocycles. The highest BCUT2D eigenvalue weighted by Crippen LogP contribution is 2.46. The monoisotopic (exact) mass is 771 g/mol. The van der Waals surface area contributed by atoms with Crippen molar-refractivity contribution in [3.05, 3.63) is 72.3 Å². The summed E-state index contributed by atoms with van der Waals surface area (Å²) in [6.07, 6.45) is 1.75. The minimum Gasteiger partial charge on any atom is -0.492 e. The Labute approximate surface area is 313 Å². The predicted molar refractivity (Wildman–Crippen MR) is 202 cm³/mol. The quantitative estimate of drug-likeness (QED) is 0.167. The molecular weight excluding hydrogens is 719 g/mol. The van der Waals surface area contributed by atoms with Crippen LogP contribution in [0.3, 0.4) is 0 Å². The Balaban J connectivity index is 1.02. The summed E-state index contributed by atoms with van der Waals surface area (Å²) >= 11 is 0. The molecule has 6 rings (SSSR count). The summed E-state index contributed by atoms with van der Waals surface area (Å²) < 4.78 is 72.4. The molecule has 0 bridgehead atoms. The van der Waals surface area contributed by atoms with Crippen LogP contribution < -0.4 is 20.5 Å². The van der Waals surface area contributed by atoms with Gasteiger partial charge in [-0.2, -0.15) is 4.31 Å². The lowest BCUT2D eigenvalue weighted by Crippen LogP contribution is -2.47. The Morgan fingerprint density at radius 1 is 0.981 bits per heavy atom. The third-order valence-corrected chi connectivity index (χ3v) is 15.6. The Morgan fingerprint density at radius 3 is 2.32 bits per heavy atom. The first-order valence-corrected chi connectivity index (χ1v) is 21.3. The second-order valence-corrected chi connectivity index (χ2v) is 19.5. The van der Waals surface area contributed by atoms with Gasteiger partial charge in [0.25, 0.3) is 0 Å². The number of nitrogens with one attached hydrogen (secondary N) is 1. The molecule has 1 spiro atoms. The molecule has 3 aliphatic rings. The van der Waals surface area contributed by atoms with E-state index >= 15 is 0 Å². The molecule has 3 fully saturated rings. The topological polar surface area (TPSA) is 178 Å². The molecule has 5 N–H and O–H groups in total. The summed E-state index contributed by atoms with van der Waals surface area (Å²) in [6.45, 7) is 7.68. The lowest BCUT2D eigenvalue weighted by atomic mass is 9.84. The van der Waals surface area contributed by atoms with E-state index < -0.39 is 42.9 Å². The van der Waals surface area contributed by atoms with E-state index in [0.717, 1.165) is 16.7 Å². The molecule has 14 heteroatoms. The SMILES string of the molecule is CCOc1ccc(-c2ccc(C(C)(C)CN)cc2)cc1S(=O)(=O)N1CCC2(CC1)C[C@H](NCC(O)COc1cccc(S(=O)(=O)C3(CO)CC3)c1)CO2. The lowest BCUT2D eigenvalue weighted by Gasteiger charge is -2.38. The molecule has 3 aromatic carbocycles. The summed E-state index contributed by atoms with van der Waals surface area (Å²) in [5.74, 6) is 0.650. The third-order valence-electron chi connectivity index (χ3n) is 11.1. The second-order valence-electron chi connectivity index (χ2n) is 15.3. The number of sulfone groups is 1. The van der Waals surface area contributed by atoms with Gasteiger partial charge < -0.3 is 35.5 Å². The average Bonchev–Trinajstić information content (AvgIpc) is 3.89. The van der Waals surface area contributed by atoms with Crippen LogP contribution in [0.1, 0.15) is 58.4 Å². The molecular formula is C39H53N3O9S2. The van der Waals surface area contributed by atoms with Crippen LogP contribution >= 0.6 is 0 Å². The van der Waals surface area contributed by atoms with Crippen molar-refractivity contribution in [2.75, 3.05) is 52.6 Å². The fourth-order valence-corrected chi connectivity index (χ4v) is 10.6. The normalized spacial score (nSPS) is 20.7. The zero-order valence-electron chi connectivity index (χ0n) is 30.8. The average molecular weight is 772 g/mol. The van der Waals surface area contributed by atoms with E-state index in [1.165, 1.54) is 16.4 Å². The minimum atomic E-state index is -3.88. The van der Waals surface area contributed by atoms with Crippen molar-refractivity contribution in [1.82, 2.24) is 9.62 Å². The van der Waals surface area contributed by atoms with E-state index in [2.05, 4.69) is 19.2 Å². The van der Waals surface area contributed by atoms with E-state index in [0.29, 0.717) is 76.5 Å². The Hall–Kier alpha value is -3.08. The summed E-state index contributed by atoms with van der Waals surface area (Å²) in [5, 5.41) is 23.6. The maximum absolute atomic E-state index is 14.1. The number of hydrogen-bond acceptors (Lipinski definition) is 11. The largest absolute Gasteiger partial charge is 0.492 e. The standard InChI is InChI=1S/C39H53N3O9S2/c1-4-49-35-13-10-29(28-8-11-30(12-9-28)37(2,3)26-40)20-36(35)53(47,48)42-18-16-38(17-19-42)22-31(24-51-38)41-23-32(44)25-50-33-6-5-7-34(21-33)52(45,46)39(27-43)14-15-39/h5-13,20-21,31-32,41,43-44H,4,14-19,22-27,40H2,1-3H3/t31-,32?/m0/s1. The Bertz CT molecular complexity index is 1960. The van der Waals surface area contributed by atoms with Crippen molar-refractivity contribution in [1.29, 1.82) is 0 Å². The zero-order valence-corrected chi connectivity index (χ0v) is 32.4. The van der Waals surface area contributed by atoms with Gasteiger partial charge in [-0.25, -0.2) is 16.8 Å². The van der Waals surface area contributed by atoms with Crippen molar-refractivity contribution < 1.29 is 41.3 Å². The van der Waals surface area contributed by atoms with Crippen LogP contribution in [0.2, 0.25) is 0 Å². The number of piperidine rings is 1. The highest BCUT2D eigenvalue weighted by Gasteiger charge is 2.54. The van der Waals surface area contributed by atoms with Gasteiger partial charge in [0.1, 0.15) is 29.1 Å². The number of nitrogens with two attached hydrogens (primary N) is 1. The van der Waals surface area contributed by atoms with E-state index in [1.807, 2.05) is 37.3 Å². The molecule has 2 atom stereocenters. The number of ether oxygens (including phenoxy) is 3. The molecule has 1 unspecified atom stereocenters. The van der Waals surface area contributed by atoms with Crippen molar-refractivity contribution in [3.63, 3.8) is 0 Å². The van der Waals surface area contributed by atoms with Gasteiger partial charge in [-0.1, -0.05) is 50.2 Å². The molecule has 0 amide bonds. The van der Waals surface area contributed by atoms with E-state index in [-0.39, 0.29) is 34.4 Å². The summed E-state index contributed by atoms with van der Waals surface area (Å²) in [5.41, 5.74) is 8.13. The molecule has 0 radical (unpaired) electrons. The van der Waals surface area contributed by atoms with Gasteiger partial charge in [0.05, 0.1) is 35.1 Å². The Morgan fingerprint density at radius 2 is 1.68 bits per heavy atom. The van der Waals surface area contributed by atoms with Crippen molar-refractivity contribution in [3.8, 4) is 22.6 Å². The zero-order chi connectivity index (χ0) is 38.1. The summed E-state index contributed by atoms with van der Waals surface area (Å²) in [4.78, 5) is 0.242. The summed E-state index contributed by atoms with van der Waals surface area (Å²) in [6, 6.07) is 19.5. The van der Waals surface area contributed by atoms with Crippen LogP contribution in [0.5, 0.6) is 11.5 Å². The molecule has 290 valence electrons. The Kier molecular flexibility index (Phi) is 11.6. The number of benzene rings is 3. The number of sulfonamides is 1. The van der Waals surface area contributed by atoms with Gasteiger partial charge in [-0.05, 0) is 86.1 Å². The van der Waals surface area contributed by atoms with E-state index in [9.17, 15) is 27.0 Å². The fraction of sp³-hybridized carbons (Fsp3) is 0.538. The van der Waals surface area contributed by atoms with Crippen LogP contribution in [-0.2, 0) is 30.0 Å². The van der Waals surface area contributed by atoms with Gasteiger partial charge in [0.15, 0.2) is 9.84 Å². The second kappa shape index (κ2) is 15.6. The highest BCUT2D eigenvalue weighted by molar-refractivity contribution is 7.93. The maximum atomic E-state index is 14.1. The van der Waals surface area contributed by atoms with Crippen molar-refractivity contribution in [2.24, 2.45) is 5.73 Å². The summed E-state index contributed by atoms with van der Waals surface area (Å²) in [7, 11) is -7.56. The first-order chi connectivity index (χ1) is 25.2. The minimum absolute atomic E-state index is 0.0301. The van der Waals surface area contributed by atoms with Crippen LogP contribution in [-0.4, -0.2) is 106 Å². The number of aliphatic hydroxyl groups is 2. The lowest BCUT2D eigenvalue weighted by molar-refractivity contribution is -0.0312. The van der Waals surface area contributed by atoms with Crippen LogP contribution in [0, 0.1) is 0 Å². The number of aliphatic hydroxyl groups excluding tert-OH is 2. The molecule has 53 heavy (non-hydrogen) atoms. The highest BCUT2D eigenvalue weighted by atomic mass is 32.2. The van der Waals surface area contributed by atoms with Crippen molar-refractivity contribution >= 4 is 19.9 Å². The van der Waals surface area contributed by atoms with Crippen LogP contribution in [0.15, 0.2) is 76.5 Å². The number of rotatable bonds is 16. The first-order valence-electron chi connectivity index (χ1n) is 18.4. The van der Waals surface area contributed by atoms with Gasteiger partial charge in [-0.15, -0.1) is 0 Å². The maximum Gasteiger partial charge on any atom is 0.246 e. The van der Waals surface area contributed by atoms with Gasteiger partial charge in [-0.3, -0.25) is 0 Å². The van der Waals surface area contributed by atoms with E-state index in [4.69, 9.17) is 19.9 Å². The van der Waals surface area contributed by atoms with Gasteiger partial charge in [0.2, 0.25) is 10.0 Å². The molecule has 2 saturated heterocycles. The number of nitrogens with zero attached hydrogens (tertiary/aromatic N) is 1. The molecule has 1 aliphatic carbocycles. The van der Waals surface area contributed by atoms with Gasteiger partial charge in [0, 0.05) is 37.6 Å². The van der Waals surface area contributed by atoms with Crippen LogP contribution in [0.4, 0.5) is 0 Å². The smallest absolute Gasteiger partial charge is 0.246 e. The van der Waals surface area contributed by atoms with Crippen molar-refractivity contribution in [2.45, 2.75) is 90.6 Å². The van der Waals surface area contributed by atoms with Crippen LogP contribution in [0.25, 0.3) is 11.1 Å². The molecule has 1 saturated carbocycles. The van der Waals surface area contributed by atoms with E-state index in [1.54, 1.807) is 24.3 Å². The molecule has 12 nitrogen and oxygen atoms in total. The fourth-order valence-electron chi connectivity index (χ4n) is 7.18. The molecule has 3 aromatic rings.